The van der Waals surface area contributed by atoms with Gasteiger partial charge in [-0.15, -0.1) is 0 Å². The summed E-state index contributed by atoms with van der Waals surface area (Å²) in [5, 5.41) is 10.6. The van der Waals surface area contributed by atoms with Gasteiger partial charge in [0, 0.05) is 6.42 Å². The van der Waals surface area contributed by atoms with Crippen molar-refractivity contribution < 1.29 is 38.4 Å². The number of carbonyl (C=O) groups excluding carboxylic acids is 2. The number of rotatable bonds is 11. The molecule has 8 heteroatoms. The molecule has 2 aromatic carbocycles. The normalized spacial score (nSPS) is 24.4. The molecule has 1 aliphatic heterocycles. The van der Waals surface area contributed by atoms with Gasteiger partial charge in [-0.25, -0.2) is 0 Å². The highest BCUT2D eigenvalue weighted by Gasteiger charge is 2.47. The van der Waals surface area contributed by atoms with Crippen LogP contribution in [-0.2, 0) is 41.8 Å². The Labute approximate surface area is 199 Å². The second-order valence-electron chi connectivity index (χ2n) is 8.27. The van der Waals surface area contributed by atoms with Crippen molar-refractivity contribution in [2.75, 3.05) is 7.11 Å². The zero-order chi connectivity index (χ0) is 24.5. The second kappa shape index (κ2) is 12.6. The number of benzene rings is 2. The Morgan fingerprint density at radius 3 is 2.12 bits per heavy atom. The Hall–Kier alpha value is -2.78. The lowest BCUT2D eigenvalue weighted by Crippen LogP contribution is -2.59. The molecule has 0 amide bonds. The van der Waals surface area contributed by atoms with Crippen LogP contribution in [0.15, 0.2) is 54.6 Å². The van der Waals surface area contributed by atoms with E-state index in [2.05, 4.69) is 0 Å². The number of aliphatic hydroxyl groups is 1. The van der Waals surface area contributed by atoms with Crippen molar-refractivity contribution in [1.82, 2.24) is 0 Å². The van der Waals surface area contributed by atoms with Crippen molar-refractivity contribution in [1.29, 1.82) is 0 Å². The van der Waals surface area contributed by atoms with Gasteiger partial charge in [0.25, 0.3) is 0 Å². The number of hydrogen-bond donors (Lipinski definition) is 1. The molecule has 184 valence electrons. The lowest BCUT2D eigenvalue weighted by molar-refractivity contribution is -0.300. The van der Waals surface area contributed by atoms with Crippen LogP contribution in [0.2, 0.25) is 0 Å². The number of aliphatic hydroxyl groups excluding tert-OH is 1. The molecular weight excluding hydrogens is 440 g/mol. The van der Waals surface area contributed by atoms with Gasteiger partial charge in [-0.1, -0.05) is 42.5 Å². The second-order valence-corrected chi connectivity index (χ2v) is 8.27. The van der Waals surface area contributed by atoms with E-state index in [1.807, 2.05) is 54.6 Å². The maximum atomic E-state index is 12.4. The Kier molecular flexibility index (Phi) is 9.59. The summed E-state index contributed by atoms with van der Waals surface area (Å²) in [5.74, 6) is -0.0140. The van der Waals surface area contributed by atoms with Gasteiger partial charge in [0.2, 0.25) is 0 Å². The summed E-state index contributed by atoms with van der Waals surface area (Å²) in [4.78, 5) is 23.6. The summed E-state index contributed by atoms with van der Waals surface area (Å²) in [5.41, 5.74) is 1.84. The van der Waals surface area contributed by atoms with Crippen LogP contribution in [0.3, 0.4) is 0 Å². The molecule has 34 heavy (non-hydrogen) atoms. The first-order valence-electron chi connectivity index (χ1n) is 11.3. The number of ether oxygens (including phenoxy) is 5. The lowest BCUT2D eigenvalue weighted by Gasteiger charge is -2.43. The molecule has 5 atom stereocenters. The maximum absolute atomic E-state index is 12.4. The van der Waals surface area contributed by atoms with Crippen molar-refractivity contribution in [2.45, 2.75) is 70.6 Å². The first kappa shape index (κ1) is 25.8. The van der Waals surface area contributed by atoms with E-state index in [0.29, 0.717) is 6.61 Å². The molecule has 0 unspecified atom stereocenters. The highest BCUT2D eigenvalue weighted by atomic mass is 16.7. The van der Waals surface area contributed by atoms with E-state index in [0.717, 1.165) is 16.9 Å². The number of Topliss-reactive ketones (excluding diaryl/α,β-unsaturated/α-hetero) is 1. The van der Waals surface area contributed by atoms with Crippen molar-refractivity contribution in [2.24, 2.45) is 0 Å². The Morgan fingerprint density at radius 1 is 0.882 bits per heavy atom. The third kappa shape index (κ3) is 7.36. The topological polar surface area (TPSA) is 101 Å². The fraction of sp³-hybridized carbons (Fsp3) is 0.462. The predicted octanol–water partition coefficient (Wildman–Crippen LogP) is 3.18. The van der Waals surface area contributed by atoms with Crippen LogP contribution in [-0.4, -0.2) is 54.7 Å². The minimum absolute atomic E-state index is 0.0597. The highest BCUT2D eigenvalue weighted by Crippen LogP contribution is 2.29. The molecule has 0 bridgehead atoms. The molecular formula is C26H32O8. The van der Waals surface area contributed by atoms with Crippen LogP contribution in [0.25, 0.3) is 0 Å². The fourth-order valence-corrected chi connectivity index (χ4v) is 3.71. The molecule has 0 saturated carbocycles. The summed E-state index contributed by atoms with van der Waals surface area (Å²) in [6.07, 6.45) is -4.48. The smallest absolute Gasteiger partial charge is 0.306 e. The fourth-order valence-electron chi connectivity index (χ4n) is 3.71. The quantitative estimate of drug-likeness (QED) is 0.498. The van der Waals surface area contributed by atoms with Gasteiger partial charge in [-0.05, 0) is 37.1 Å². The molecule has 0 spiro atoms. The monoisotopic (exact) mass is 472 g/mol. The maximum Gasteiger partial charge on any atom is 0.306 e. The number of methoxy groups -OCH3 is 1. The molecule has 1 N–H and O–H groups in total. The minimum Gasteiger partial charge on any atom is -0.497 e. The van der Waals surface area contributed by atoms with Gasteiger partial charge in [-0.2, -0.15) is 0 Å². The predicted molar refractivity (Wildman–Crippen MR) is 123 cm³/mol. The molecule has 2 aromatic rings. The molecule has 1 heterocycles. The third-order valence-corrected chi connectivity index (χ3v) is 5.58. The van der Waals surface area contributed by atoms with Crippen LogP contribution >= 0.6 is 0 Å². The van der Waals surface area contributed by atoms with Gasteiger partial charge < -0.3 is 33.6 Å². The number of esters is 1. The van der Waals surface area contributed by atoms with Gasteiger partial charge in [-0.3, -0.25) is 4.79 Å². The number of hydrogen-bond acceptors (Lipinski definition) is 8. The molecule has 1 aliphatic rings. The standard InChI is InChI=1S/C26H32O8/c1-17(27)9-14-22(28)34-25-24(32-16-20-10-12-21(30-3)13-11-20)23(18(2)33-26(25)29)31-15-19-7-5-4-6-8-19/h4-8,10-13,18,23-26,29H,9,14-16H2,1-3H3/t18-,23-,24+,25+,26+/m0/s1. The summed E-state index contributed by atoms with van der Waals surface area (Å²) < 4.78 is 28.7. The third-order valence-electron chi connectivity index (χ3n) is 5.58. The van der Waals surface area contributed by atoms with E-state index in [1.165, 1.54) is 6.92 Å². The van der Waals surface area contributed by atoms with Crippen molar-refractivity contribution >= 4 is 11.8 Å². The van der Waals surface area contributed by atoms with E-state index in [-0.39, 0.29) is 25.2 Å². The minimum atomic E-state index is -1.39. The molecule has 8 nitrogen and oxygen atoms in total. The molecule has 1 saturated heterocycles. The Morgan fingerprint density at radius 2 is 1.50 bits per heavy atom. The molecule has 3 rings (SSSR count). The summed E-state index contributed by atoms with van der Waals surface area (Å²) in [7, 11) is 1.59. The number of ketones is 1. The van der Waals surface area contributed by atoms with Crippen LogP contribution in [0, 0.1) is 0 Å². The average Bonchev–Trinajstić information content (AvgIpc) is 2.83. The largest absolute Gasteiger partial charge is 0.497 e. The van der Waals surface area contributed by atoms with Gasteiger partial charge in [0.05, 0.1) is 32.8 Å². The summed E-state index contributed by atoms with van der Waals surface area (Å²) in [6, 6.07) is 17.0. The van der Waals surface area contributed by atoms with Crippen molar-refractivity contribution in [3.05, 3.63) is 65.7 Å². The molecule has 0 radical (unpaired) electrons. The van der Waals surface area contributed by atoms with Crippen LogP contribution in [0.5, 0.6) is 5.75 Å². The molecule has 0 aromatic heterocycles. The van der Waals surface area contributed by atoms with Crippen LogP contribution in [0.1, 0.15) is 37.8 Å². The van der Waals surface area contributed by atoms with E-state index >= 15 is 0 Å². The first-order chi connectivity index (χ1) is 16.4. The van der Waals surface area contributed by atoms with E-state index in [4.69, 9.17) is 23.7 Å². The number of carbonyl (C=O) groups is 2. The Bertz CT molecular complexity index is 914. The van der Waals surface area contributed by atoms with Crippen LogP contribution in [0.4, 0.5) is 0 Å². The first-order valence-corrected chi connectivity index (χ1v) is 11.3. The van der Waals surface area contributed by atoms with E-state index in [9.17, 15) is 14.7 Å². The van der Waals surface area contributed by atoms with Crippen molar-refractivity contribution in [3.63, 3.8) is 0 Å². The molecule has 0 aliphatic carbocycles. The zero-order valence-electron chi connectivity index (χ0n) is 19.7. The SMILES string of the molecule is COc1ccc(CO[C@@H]2[C@@H](OCc3ccccc3)[C@H](C)O[C@@H](O)[C@@H]2OC(=O)CCC(C)=O)cc1. The van der Waals surface area contributed by atoms with E-state index < -0.39 is 36.7 Å². The zero-order valence-corrected chi connectivity index (χ0v) is 19.7. The van der Waals surface area contributed by atoms with Gasteiger partial charge in [0.15, 0.2) is 12.4 Å². The lowest BCUT2D eigenvalue weighted by atomic mass is 9.98. The van der Waals surface area contributed by atoms with Crippen molar-refractivity contribution in [3.8, 4) is 5.75 Å². The summed E-state index contributed by atoms with van der Waals surface area (Å²) >= 11 is 0. The van der Waals surface area contributed by atoms with E-state index in [1.54, 1.807) is 14.0 Å². The highest BCUT2D eigenvalue weighted by molar-refractivity contribution is 5.81. The molecule has 1 fully saturated rings. The summed E-state index contributed by atoms with van der Waals surface area (Å²) in [6.45, 7) is 3.67. The van der Waals surface area contributed by atoms with Gasteiger partial charge >= 0.3 is 5.97 Å². The average molecular weight is 473 g/mol. The van der Waals surface area contributed by atoms with Gasteiger partial charge in [0.1, 0.15) is 23.7 Å². The Balaban J connectivity index is 1.76. The van der Waals surface area contributed by atoms with Crippen LogP contribution < -0.4 is 4.74 Å².